The fraction of sp³-hybridized carbons (Fsp3) is 0.632. The molecule has 2 atom stereocenters. The number of rotatable bonds is 3. The van der Waals surface area contributed by atoms with Crippen LogP contribution in [0.1, 0.15) is 32.3 Å². The zero-order chi connectivity index (χ0) is 16.2. The lowest BCUT2D eigenvalue weighted by Crippen LogP contribution is -2.57. The topological polar surface area (TPSA) is 35.6 Å². The van der Waals surface area contributed by atoms with Crippen LogP contribution in [0.25, 0.3) is 0 Å². The molecule has 2 aliphatic rings. The summed E-state index contributed by atoms with van der Waals surface area (Å²) in [7, 11) is 0. The van der Waals surface area contributed by atoms with Gasteiger partial charge in [0.15, 0.2) is 0 Å². The van der Waals surface area contributed by atoms with Crippen molar-refractivity contribution in [2.45, 2.75) is 45.3 Å². The van der Waals surface area contributed by atoms with Crippen LogP contribution in [0.4, 0.5) is 0 Å². The molecule has 0 aromatic heterocycles. The van der Waals surface area contributed by atoms with Gasteiger partial charge in [0.2, 0.25) is 5.91 Å². The Morgan fingerprint density at radius 2 is 1.70 bits per heavy atom. The number of benzene rings is 1. The van der Waals surface area contributed by atoms with Crippen LogP contribution < -0.4 is 5.32 Å². The van der Waals surface area contributed by atoms with Gasteiger partial charge in [-0.15, -0.1) is 0 Å². The van der Waals surface area contributed by atoms with Gasteiger partial charge in [-0.25, -0.2) is 0 Å². The molecule has 0 spiro atoms. The predicted molar refractivity (Wildman–Crippen MR) is 93.1 cm³/mol. The molecule has 23 heavy (non-hydrogen) atoms. The van der Waals surface area contributed by atoms with Crippen LogP contribution in [0, 0.1) is 5.92 Å². The summed E-state index contributed by atoms with van der Waals surface area (Å²) in [6.45, 7) is 9.10. The van der Waals surface area contributed by atoms with E-state index in [0.29, 0.717) is 18.0 Å². The van der Waals surface area contributed by atoms with Crippen LogP contribution in [0.5, 0.6) is 0 Å². The molecule has 0 radical (unpaired) electrons. The zero-order valence-corrected chi connectivity index (χ0v) is 14.4. The fourth-order valence-electron chi connectivity index (χ4n) is 3.94. The average Bonchev–Trinajstić information content (AvgIpc) is 2.55. The third-order valence-corrected chi connectivity index (χ3v) is 5.06. The number of nitrogens with one attached hydrogen (secondary N) is 1. The second kappa shape index (κ2) is 7.45. The molecule has 2 saturated heterocycles. The maximum Gasteiger partial charge on any atom is 0.225 e. The fourth-order valence-corrected chi connectivity index (χ4v) is 3.94. The summed E-state index contributed by atoms with van der Waals surface area (Å²) in [6.07, 6.45) is 2.00. The highest BCUT2D eigenvalue weighted by atomic mass is 16.2. The normalized spacial score (nSPS) is 27.1. The number of hydrogen-bond acceptors (Lipinski definition) is 3. The Kier molecular flexibility index (Phi) is 5.34. The van der Waals surface area contributed by atoms with Crippen LogP contribution in [0.3, 0.4) is 0 Å². The summed E-state index contributed by atoms with van der Waals surface area (Å²) in [5.41, 5.74) is 1.36. The first kappa shape index (κ1) is 16.5. The number of amides is 1. The molecule has 0 bridgehead atoms. The molecule has 2 unspecified atom stereocenters. The zero-order valence-electron chi connectivity index (χ0n) is 14.4. The first-order valence-corrected chi connectivity index (χ1v) is 8.93. The summed E-state index contributed by atoms with van der Waals surface area (Å²) in [4.78, 5) is 17.3. The second-order valence-corrected chi connectivity index (χ2v) is 7.25. The maximum atomic E-state index is 12.8. The summed E-state index contributed by atoms with van der Waals surface area (Å²) < 4.78 is 0. The van der Waals surface area contributed by atoms with E-state index in [1.165, 1.54) is 5.56 Å². The number of piperazine rings is 1. The summed E-state index contributed by atoms with van der Waals surface area (Å²) in [6, 6.07) is 11.4. The molecular weight excluding hydrogens is 286 g/mol. The predicted octanol–water partition coefficient (Wildman–Crippen LogP) is 2.11. The van der Waals surface area contributed by atoms with Crippen LogP contribution in [-0.2, 0) is 11.3 Å². The molecule has 1 aromatic carbocycles. The maximum absolute atomic E-state index is 12.8. The van der Waals surface area contributed by atoms with Crippen LogP contribution in [0.2, 0.25) is 0 Å². The van der Waals surface area contributed by atoms with Gasteiger partial charge in [-0.3, -0.25) is 9.69 Å². The number of carbonyl (C=O) groups excluding carboxylic acids is 1. The molecular formula is C19H29N3O. The van der Waals surface area contributed by atoms with Gasteiger partial charge in [0.1, 0.15) is 0 Å². The van der Waals surface area contributed by atoms with Gasteiger partial charge < -0.3 is 10.2 Å². The van der Waals surface area contributed by atoms with Gasteiger partial charge in [-0.1, -0.05) is 30.3 Å². The lowest BCUT2D eigenvalue weighted by Gasteiger charge is -2.39. The Balaban J connectivity index is 1.49. The minimum Gasteiger partial charge on any atom is -0.339 e. The van der Waals surface area contributed by atoms with Gasteiger partial charge in [-0.2, -0.15) is 0 Å². The molecule has 3 rings (SSSR count). The molecule has 4 nitrogen and oxygen atoms in total. The number of nitrogens with zero attached hydrogens (tertiary/aromatic N) is 2. The molecule has 0 saturated carbocycles. The van der Waals surface area contributed by atoms with Crippen molar-refractivity contribution < 1.29 is 4.79 Å². The largest absolute Gasteiger partial charge is 0.339 e. The Morgan fingerprint density at radius 1 is 1.09 bits per heavy atom. The highest BCUT2D eigenvalue weighted by molar-refractivity contribution is 5.79. The van der Waals surface area contributed by atoms with Crippen LogP contribution >= 0.6 is 0 Å². The van der Waals surface area contributed by atoms with E-state index >= 15 is 0 Å². The molecule has 2 fully saturated rings. The quantitative estimate of drug-likeness (QED) is 0.928. The Labute approximate surface area is 139 Å². The lowest BCUT2D eigenvalue weighted by atomic mass is 9.94. The van der Waals surface area contributed by atoms with Crippen LogP contribution in [0.15, 0.2) is 30.3 Å². The summed E-state index contributed by atoms with van der Waals surface area (Å²) in [5, 5.41) is 3.50. The molecule has 4 heteroatoms. The highest BCUT2D eigenvalue weighted by Gasteiger charge is 2.31. The first-order valence-electron chi connectivity index (χ1n) is 8.93. The molecule has 1 amide bonds. The summed E-state index contributed by atoms with van der Waals surface area (Å²) >= 11 is 0. The number of hydrogen-bond donors (Lipinski definition) is 1. The van der Waals surface area contributed by atoms with E-state index in [-0.39, 0.29) is 5.92 Å². The van der Waals surface area contributed by atoms with Crippen molar-refractivity contribution in [1.82, 2.24) is 15.1 Å². The molecule has 2 heterocycles. The van der Waals surface area contributed by atoms with Crippen molar-refractivity contribution in [2.24, 2.45) is 5.92 Å². The van der Waals surface area contributed by atoms with Crippen molar-refractivity contribution >= 4 is 5.91 Å². The monoisotopic (exact) mass is 315 g/mol. The van der Waals surface area contributed by atoms with Crippen molar-refractivity contribution in [2.75, 3.05) is 26.2 Å². The van der Waals surface area contributed by atoms with Gasteiger partial charge in [0, 0.05) is 37.6 Å². The molecule has 1 N–H and O–H groups in total. The minimum atomic E-state index is 0.222. The van der Waals surface area contributed by atoms with Crippen molar-refractivity contribution in [3.8, 4) is 0 Å². The van der Waals surface area contributed by atoms with E-state index in [1.54, 1.807) is 0 Å². The SMILES string of the molecule is CC1CN(C(=O)C2CCN(Cc3ccccc3)CC2)CC(C)N1. The van der Waals surface area contributed by atoms with Gasteiger partial charge in [0.25, 0.3) is 0 Å². The number of carbonyl (C=O) groups is 1. The van der Waals surface area contributed by atoms with E-state index in [4.69, 9.17) is 0 Å². The van der Waals surface area contributed by atoms with E-state index in [0.717, 1.165) is 45.6 Å². The van der Waals surface area contributed by atoms with Crippen LogP contribution in [-0.4, -0.2) is 54.0 Å². The second-order valence-electron chi connectivity index (χ2n) is 7.25. The van der Waals surface area contributed by atoms with E-state index in [1.807, 2.05) is 0 Å². The van der Waals surface area contributed by atoms with Crippen molar-refractivity contribution in [1.29, 1.82) is 0 Å². The Hall–Kier alpha value is -1.39. The number of likely N-dealkylation sites (tertiary alicyclic amines) is 1. The standard InChI is InChI=1S/C19H29N3O/c1-15-12-22(13-16(2)20-15)19(23)18-8-10-21(11-9-18)14-17-6-4-3-5-7-17/h3-7,15-16,18,20H,8-14H2,1-2H3. The molecule has 126 valence electrons. The van der Waals surface area contributed by atoms with Gasteiger partial charge in [0.05, 0.1) is 0 Å². The van der Waals surface area contributed by atoms with E-state index in [2.05, 4.69) is 59.3 Å². The highest BCUT2D eigenvalue weighted by Crippen LogP contribution is 2.22. The van der Waals surface area contributed by atoms with E-state index in [9.17, 15) is 4.79 Å². The third-order valence-electron chi connectivity index (χ3n) is 5.06. The molecule has 1 aromatic rings. The molecule has 0 aliphatic carbocycles. The Bertz CT molecular complexity index is 501. The van der Waals surface area contributed by atoms with Gasteiger partial charge >= 0.3 is 0 Å². The number of piperidine rings is 1. The third kappa shape index (κ3) is 4.33. The summed E-state index contributed by atoms with van der Waals surface area (Å²) in [5.74, 6) is 0.601. The van der Waals surface area contributed by atoms with Crippen molar-refractivity contribution in [3.05, 3.63) is 35.9 Å². The van der Waals surface area contributed by atoms with Gasteiger partial charge in [-0.05, 0) is 45.3 Å². The minimum absolute atomic E-state index is 0.222. The first-order chi connectivity index (χ1) is 11.1. The average molecular weight is 315 g/mol. The Morgan fingerprint density at radius 3 is 2.30 bits per heavy atom. The smallest absolute Gasteiger partial charge is 0.225 e. The van der Waals surface area contributed by atoms with Crippen molar-refractivity contribution in [3.63, 3.8) is 0 Å². The molecule has 2 aliphatic heterocycles. The lowest BCUT2D eigenvalue weighted by molar-refractivity contribution is -0.138. The van der Waals surface area contributed by atoms with E-state index < -0.39 is 0 Å².